The fourth-order valence-corrected chi connectivity index (χ4v) is 3.81. The Kier molecular flexibility index (Phi) is 5.24. The molecule has 2 heterocycles. The number of hydrogen-bond acceptors (Lipinski definition) is 2. The topological polar surface area (TPSA) is 37.3 Å². The molecule has 0 bridgehead atoms. The first-order valence-corrected chi connectivity index (χ1v) is 9.20. The van der Waals surface area contributed by atoms with Crippen LogP contribution in [-0.2, 0) is 13.5 Å². The van der Waals surface area contributed by atoms with Gasteiger partial charge in [-0.1, -0.05) is 19.4 Å². The highest BCUT2D eigenvalue weighted by Crippen LogP contribution is 2.26. The number of carbonyl (C=O) groups is 1. The minimum atomic E-state index is 0.0428. The minimum absolute atomic E-state index is 0.0428. The summed E-state index contributed by atoms with van der Waals surface area (Å²) >= 11 is 0. The lowest BCUT2D eigenvalue weighted by Crippen LogP contribution is -2.38. The summed E-state index contributed by atoms with van der Waals surface area (Å²) in [7, 11) is 1.99. The fourth-order valence-electron chi connectivity index (χ4n) is 3.81. The summed E-state index contributed by atoms with van der Waals surface area (Å²) in [6, 6.07) is 6.50. The van der Waals surface area contributed by atoms with Gasteiger partial charge in [-0.15, -0.1) is 0 Å². The van der Waals surface area contributed by atoms with Crippen molar-refractivity contribution in [3.05, 3.63) is 35.0 Å². The standard InChI is InChI=1S/C20H29N3O/c1-4-16-8-9-18-17(14-16)15(2)19(22(18)3)20(24)21-10-13-23-11-6-5-7-12-23/h8-9,14H,4-7,10-13H2,1-3H3,(H,21,24). The Bertz CT molecular complexity index is 726. The molecule has 1 aliphatic heterocycles. The molecule has 4 heteroatoms. The van der Waals surface area contributed by atoms with E-state index in [1.54, 1.807) is 0 Å². The molecule has 4 nitrogen and oxygen atoms in total. The molecule has 1 amide bonds. The summed E-state index contributed by atoms with van der Waals surface area (Å²) in [4.78, 5) is 15.2. The van der Waals surface area contributed by atoms with E-state index in [4.69, 9.17) is 0 Å². The Morgan fingerprint density at radius 1 is 1.21 bits per heavy atom. The van der Waals surface area contributed by atoms with Gasteiger partial charge in [-0.25, -0.2) is 0 Å². The van der Waals surface area contributed by atoms with Crippen LogP contribution in [-0.4, -0.2) is 41.6 Å². The Balaban J connectivity index is 1.72. The predicted molar refractivity (Wildman–Crippen MR) is 99.7 cm³/mol. The number of amides is 1. The maximum atomic E-state index is 12.7. The highest BCUT2D eigenvalue weighted by Gasteiger charge is 2.18. The molecule has 0 saturated carbocycles. The van der Waals surface area contributed by atoms with E-state index >= 15 is 0 Å². The summed E-state index contributed by atoms with van der Waals surface area (Å²) in [5.41, 5.74) is 4.31. The lowest BCUT2D eigenvalue weighted by atomic mass is 10.1. The molecule has 0 spiro atoms. The van der Waals surface area contributed by atoms with Crippen molar-refractivity contribution in [1.82, 2.24) is 14.8 Å². The van der Waals surface area contributed by atoms with Crippen molar-refractivity contribution < 1.29 is 4.79 Å². The Hall–Kier alpha value is -1.81. The molecular formula is C20H29N3O. The van der Waals surface area contributed by atoms with E-state index in [2.05, 4.69) is 42.3 Å². The monoisotopic (exact) mass is 327 g/mol. The van der Waals surface area contributed by atoms with Crippen LogP contribution >= 0.6 is 0 Å². The molecule has 0 atom stereocenters. The van der Waals surface area contributed by atoms with E-state index in [0.29, 0.717) is 0 Å². The predicted octanol–water partition coefficient (Wildman–Crippen LogP) is 3.26. The number of piperidine rings is 1. The van der Waals surface area contributed by atoms with Crippen LogP contribution in [0.3, 0.4) is 0 Å². The highest BCUT2D eigenvalue weighted by molar-refractivity contribution is 6.01. The first-order valence-electron chi connectivity index (χ1n) is 9.20. The second kappa shape index (κ2) is 7.39. The van der Waals surface area contributed by atoms with Crippen LogP contribution in [0.2, 0.25) is 0 Å². The third kappa shape index (κ3) is 3.34. The zero-order valence-electron chi connectivity index (χ0n) is 15.2. The first-order chi connectivity index (χ1) is 11.6. The minimum Gasteiger partial charge on any atom is -0.349 e. The number of likely N-dealkylation sites (tertiary alicyclic amines) is 1. The number of nitrogens with one attached hydrogen (secondary N) is 1. The molecule has 1 saturated heterocycles. The largest absolute Gasteiger partial charge is 0.349 e. The highest BCUT2D eigenvalue weighted by atomic mass is 16.1. The summed E-state index contributed by atoms with van der Waals surface area (Å²) in [6.45, 7) is 8.23. The van der Waals surface area contributed by atoms with Crippen LogP contribution in [0, 0.1) is 6.92 Å². The molecule has 1 aliphatic rings. The van der Waals surface area contributed by atoms with Crippen molar-refractivity contribution in [3.63, 3.8) is 0 Å². The van der Waals surface area contributed by atoms with Crippen LogP contribution < -0.4 is 5.32 Å². The second-order valence-electron chi connectivity index (χ2n) is 6.90. The van der Waals surface area contributed by atoms with E-state index in [1.807, 2.05) is 11.6 Å². The number of nitrogens with zero attached hydrogens (tertiary/aromatic N) is 2. The summed E-state index contributed by atoms with van der Waals surface area (Å²) in [5.74, 6) is 0.0428. The van der Waals surface area contributed by atoms with Gasteiger partial charge in [0.15, 0.2) is 0 Å². The van der Waals surface area contributed by atoms with Gasteiger partial charge < -0.3 is 14.8 Å². The van der Waals surface area contributed by atoms with Gasteiger partial charge in [0.1, 0.15) is 5.69 Å². The van der Waals surface area contributed by atoms with E-state index in [0.717, 1.165) is 36.3 Å². The van der Waals surface area contributed by atoms with Gasteiger partial charge in [0.05, 0.1) is 0 Å². The average Bonchev–Trinajstić information content (AvgIpc) is 2.86. The van der Waals surface area contributed by atoms with Crippen molar-refractivity contribution in [2.45, 2.75) is 39.5 Å². The molecule has 3 rings (SSSR count). The zero-order chi connectivity index (χ0) is 17.1. The maximum absolute atomic E-state index is 12.7. The molecule has 1 aromatic carbocycles. The van der Waals surface area contributed by atoms with E-state index < -0.39 is 0 Å². The van der Waals surface area contributed by atoms with Crippen LogP contribution in [0.5, 0.6) is 0 Å². The first kappa shape index (κ1) is 17.0. The van der Waals surface area contributed by atoms with Gasteiger partial charge in [0.25, 0.3) is 5.91 Å². The Morgan fingerprint density at radius 3 is 2.67 bits per heavy atom. The maximum Gasteiger partial charge on any atom is 0.268 e. The van der Waals surface area contributed by atoms with Crippen LogP contribution in [0.1, 0.15) is 47.8 Å². The van der Waals surface area contributed by atoms with Crippen molar-refractivity contribution in [3.8, 4) is 0 Å². The second-order valence-corrected chi connectivity index (χ2v) is 6.90. The Morgan fingerprint density at radius 2 is 1.96 bits per heavy atom. The summed E-state index contributed by atoms with van der Waals surface area (Å²) in [6.07, 6.45) is 4.94. The number of aromatic nitrogens is 1. The van der Waals surface area contributed by atoms with Crippen molar-refractivity contribution in [1.29, 1.82) is 0 Å². The van der Waals surface area contributed by atoms with Gasteiger partial charge in [0, 0.05) is 31.0 Å². The number of benzene rings is 1. The lowest BCUT2D eigenvalue weighted by Gasteiger charge is -2.26. The zero-order valence-corrected chi connectivity index (χ0v) is 15.2. The number of carbonyl (C=O) groups excluding carboxylic acids is 1. The third-order valence-corrected chi connectivity index (χ3v) is 5.30. The van der Waals surface area contributed by atoms with Crippen molar-refractivity contribution in [2.75, 3.05) is 26.2 Å². The van der Waals surface area contributed by atoms with Crippen LogP contribution in [0.25, 0.3) is 10.9 Å². The number of aryl methyl sites for hydroxylation is 3. The molecule has 0 aliphatic carbocycles. The van der Waals surface area contributed by atoms with Gasteiger partial charge in [-0.05, 0) is 62.5 Å². The fraction of sp³-hybridized carbons (Fsp3) is 0.550. The normalized spacial score (nSPS) is 15.8. The van der Waals surface area contributed by atoms with Gasteiger partial charge in [0.2, 0.25) is 0 Å². The molecular weight excluding hydrogens is 298 g/mol. The van der Waals surface area contributed by atoms with Gasteiger partial charge >= 0.3 is 0 Å². The molecule has 130 valence electrons. The Labute approximate surface area is 144 Å². The van der Waals surface area contributed by atoms with Crippen molar-refractivity contribution >= 4 is 16.8 Å². The molecule has 0 unspecified atom stereocenters. The van der Waals surface area contributed by atoms with Crippen LogP contribution in [0.4, 0.5) is 0 Å². The van der Waals surface area contributed by atoms with Crippen molar-refractivity contribution in [2.24, 2.45) is 7.05 Å². The summed E-state index contributed by atoms with van der Waals surface area (Å²) in [5, 5.41) is 4.31. The SMILES string of the molecule is CCc1ccc2c(c1)c(C)c(C(=O)NCCN1CCCCC1)n2C. The number of hydrogen-bond donors (Lipinski definition) is 1. The molecule has 1 fully saturated rings. The van der Waals surface area contributed by atoms with E-state index in [-0.39, 0.29) is 5.91 Å². The van der Waals surface area contributed by atoms with E-state index in [9.17, 15) is 4.79 Å². The number of fused-ring (bicyclic) bond motifs is 1. The molecule has 24 heavy (non-hydrogen) atoms. The lowest BCUT2D eigenvalue weighted by molar-refractivity contribution is 0.0938. The number of rotatable bonds is 5. The van der Waals surface area contributed by atoms with E-state index in [1.165, 1.54) is 43.3 Å². The molecule has 1 aromatic heterocycles. The van der Waals surface area contributed by atoms with Gasteiger partial charge in [-0.3, -0.25) is 4.79 Å². The van der Waals surface area contributed by atoms with Gasteiger partial charge in [-0.2, -0.15) is 0 Å². The smallest absolute Gasteiger partial charge is 0.268 e. The third-order valence-electron chi connectivity index (χ3n) is 5.30. The summed E-state index contributed by atoms with van der Waals surface area (Å²) < 4.78 is 2.03. The molecule has 0 radical (unpaired) electrons. The average molecular weight is 327 g/mol. The molecule has 2 aromatic rings. The quantitative estimate of drug-likeness (QED) is 0.915. The molecule has 1 N–H and O–H groups in total. The van der Waals surface area contributed by atoms with Crippen LogP contribution in [0.15, 0.2) is 18.2 Å².